The van der Waals surface area contributed by atoms with E-state index in [2.05, 4.69) is 22.4 Å². The zero-order valence-electron chi connectivity index (χ0n) is 19.7. The summed E-state index contributed by atoms with van der Waals surface area (Å²) in [7, 11) is 3.24. The van der Waals surface area contributed by atoms with Crippen LogP contribution in [0.5, 0.6) is 11.5 Å². The molecule has 0 spiro atoms. The van der Waals surface area contributed by atoms with Crippen molar-refractivity contribution in [1.82, 2.24) is 0 Å². The first kappa shape index (κ1) is 25.9. The van der Waals surface area contributed by atoms with Crippen LogP contribution in [-0.2, 0) is 19.1 Å². The molecule has 1 atom stereocenters. The summed E-state index contributed by atoms with van der Waals surface area (Å²) >= 11 is 1.66. The third kappa shape index (κ3) is 6.34. The lowest BCUT2D eigenvalue weighted by molar-refractivity contribution is -0.191. The Balaban J connectivity index is 0.00000122. The van der Waals surface area contributed by atoms with E-state index in [1.165, 1.54) is 0 Å². The minimum atomic E-state index is -0.512. The zero-order valence-corrected chi connectivity index (χ0v) is 20.5. The molecule has 0 amide bonds. The number of hydrogen-bond acceptors (Lipinski definition) is 8. The van der Waals surface area contributed by atoms with E-state index in [0.717, 1.165) is 21.5 Å². The molecule has 0 saturated carbocycles. The maximum absolute atomic E-state index is 13.2. The summed E-state index contributed by atoms with van der Waals surface area (Å²) in [6, 6.07) is 13.4. The van der Waals surface area contributed by atoms with Crippen LogP contribution in [0.2, 0.25) is 0 Å². The number of esters is 1. The second kappa shape index (κ2) is 12.0. The maximum atomic E-state index is 13.2. The minimum Gasteiger partial charge on any atom is -0.497 e. The highest BCUT2D eigenvalue weighted by Gasteiger charge is 2.34. The van der Waals surface area contributed by atoms with Crippen LogP contribution in [0.25, 0.3) is 10.1 Å². The van der Waals surface area contributed by atoms with Crippen LogP contribution >= 0.6 is 11.3 Å². The number of nitrogens with zero attached hydrogens (tertiary/aromatic N) is 1. The lowest BCUT2D eigenvalue weighted by Gasteiger charge is -2.35. The standard InChI is InChI=1S/C24H29NO4S.CO2/c1-15(2)23(24(26)29-16(3)4)25(17-11-18(27-5)13-19(12-17)28-6)21-14-30-22-10-8-7-9-20(21)22;2-1-3/h7-16,23H,1-6H3;. The summed E-state index contributed by atoms with van der Waals surface area (Å²) in [5, 5.41) is 3.18. The molecule has 2 aromatic carbocycles. The predicted molar refractivity (Wildman–Crippen MR) is 128 cm³/mol. The summed E-state index contributed by atoms with van der Waals surface area (Å²) in [5.74, 6) is 1.08. The van der Waals surface area contributed by atoms with Gasteiger partial charge in [0.25, 0.3) is 0 Å². The molecule has 0 radical (unpaired) electrons. The summed E-state index contributed by atoms with van der Waals surface area (Å²) in [5.41, 5.74) is 1.78. The quantitative estimate of drug-likeness (QED) is 0.404. The SMILES string of the molecule is COc1cc(OC)cc(N(c2csc3ccccc23)C(C(=O)OC(C)C)C(C)C)c1.O=C=O. The normalized spacial score (nSPS) is 11.4. The fourth-order valence-corrected chi connectivity index (χ4v) is 4.44. The number of carbonyl (C=O) groups excluding carboxylic acids is 3. The van der Waals surface area contributed by atoms with Gasteiger partial charge < -0.3 is 19.1 Å². The van der Waals surface area contributed by atoms with E-state index >= 15 is 0 Å². The third-order valence-electron chi connectivity index (χ3n) is 4.84. The van der Waals surface area contributed by atoms with Crippen LogP contribution in [0.1, 0.15) is 27.7 Å². The molecule has 1 heterocycles. The Labute approximate surface area is 197 Å². The van der Waals surface area contributed by atoms with Crippen LogP contribution in [0.3, 0.4) is 0 Å². The van der Waals surface area contributed by atoms with E-state index < -0.39 is 6.04 Å². The fourth-order valence-electron chi connectivity index (χ4n) is 3.51. The van der Waals surface area contributed by atoms with Gasteiger partial charge in [0.1, 0.15) is 17.5 Å². The Hall–Kier alpha value is -3.35. The molecule has 33 heavy (non-hydrogen) atoms. The minimum absolute atomic E-state index is 0.00658. The third-order valence-corrected chi connectivity index (χ3v) is 5.79. The maximum Gasteiger partial charge on any atom is 0.373 e. The van der Waals surface area contributed by atoms with Crippen LogP contribution in [-0.4, -0.2) is 38.5 Å². The van der Waals surface area contributed by atoms with Crippen molar-refractivity contribution in [3.05, 3.63) is 47.8 Å². The topological polar surface area (TPSA) is 82.1 Å². The Morgan fingerprint density at radius 1 is 0.970 bits per heavy atom. The van der Waals surface area contributed by atoms with Gasteiger partial charge in [-0.3, -0.25) is 0 Å². The van der Waals surface area contributed by atoms with E-state index in [4.69, 9.17) is 23.8 Å². The number of thiophene rings is 1. The molecule has 0 fully saturated rings. The van der Waals surface area contributed by atoms with Crippen molar-refractivity contribution in [2.24, 2.45) is 5.92 Å². The summed E-state index contributed by atoms with van der Waals surface area (Å²) in [6.45, 7) is 7.80. The summed E-state index contributed by atoms with van der Waals surface area (Å²) < 4.78 is 17.8. The van der Waals surface area contributed by atoms with Gasteiger partial charge in [0, 0.05) is 39.4 Å². The first-order valence-electron chi connectivity index (χ1n) is 10.5. The van der Waals surface area contributed by atoms with Crippen molar-refractivity contribution in [1.29, 1.82) is 0 Å². The molecular weight excluding hydrogens is 442 g/mol. The largest absolute Gasteiger partial charge is 0.497 e. The smallest absolute Gasteiger partial charge is 0.373 e. The van der Waals surface area contributed by atoms with Crippen molar-refractivity contribution in [2.75, 3.05) is 19.1 Å². The number of carbonyl (C=O) groups is 1. The molecule has 0 saturated heterocycles. The van der Waals surface area contributed by atoms with Gasteiger partial charge in [-0.05, 0) is 25.8 Å². The molecule has 1 aromatic heterocycles. The van der Waals surface area contributed by atoms with E-state index in [0.29, 0.717) is 11.5 Å². The number of benzene rings is 2. The highest BCUT2D eigenvalue weighted by atomic mass is 32.1. The number of methoxy groups -OCH3 is 2. The molecule has 0 aliphatic carbocycles. The van der Waals surface area contributed by atoms with E-state index in [1.54, 1.807) is 25.6 Å². The van der Waals surface area contributed by atoms with E-state index in [9.17, 15) is 4.79 Å². The first-order chi connectivity index (χ1) is 15.8. The van der Waals surface area contributed by atoms with Gasteiger partial charge >= 0.3 is 12.1 Å². The zero-order chi connectivity index (χ0) is 24.5. The number of hydrogen-bond donors (Lipinski definition) is 0. The monoisotopic (exact) mass is 471 g/mol. The highest BCUT2D eigenvalue weighted by Crippen LogP contribution is 2.42. The lowest BCUT2D eigenvalue weighted by atomic mass is 10.00. The average Bonchev–Trinajstić information content (AvgIpc) is 3.20. The van der Waals surface area contributed by atoms with Gasteiger partial charge in [0.2, 0.25) is 0 Å². The van der Waals surface area contributed by atoms with Crippen LogP contribution in [0, 0.1) is 5.92 Å². The Bertz CT molecular complexity index is 1080. The van der Waals surface area contributed by atoms with E-state index in [-0.39, 0.29) is 24.1 Å². The summed E-state index contributed by atoms with van der Waals surface area (Å²) in [6.07, 6.45) is 0.0552. The van der Waals surface area contributed by atoms with Crippen LogP contribution < -0.4 is 14.4 Å². The van der Waals surface area contributed by atoms with Crippen molar-refractivity contribution in [3.63, 3.8) is 0 Å². The van der Waals surface area contributed by atoms with Gasteiger partial charge in [0.05, 0.1) is 26.0 Å². The molecule has 3 rings (SSSR count). The van der Waals surface area contributed by atoms with Gasteiger partial charge in [-0.2, -0.15) is 9.59 Å². The second-order valence-corrected chi connectivity index (χ2v) is 8.73. The van der Waals surface area contributed by atoms with Crippen molar-refractivity contribution in [2.45, 2.75) is 39.8 Å². The molecule has 3 aromatic rings. The van der Waals surface area contributed by atoms with Gasteiger partial charge in [-0.1, -0.05) is 32.0 Å². The number of ether oxygens (including phenoxy) is 3. The fraction of sp³-hybridized carbons (Fsp3) is 0.360. The first-order valence-corrected chi connectivity index (χ1v) is 11.3. The van der Waals surface area contributed by atoms with Crippen molar-refractivity contribution < 1.29 is 28.6 Å². The molecule has 0 bridgehead atoms. The molecule has 7 nitrogen and oxygen atoms in total. The van der Waals surface area contributed by atoms with Crippen LogP contribution in [0.4, 0.5) is 11.4 Å². The number of anilines is 2. The molecule has 1 unspecified atom stereocenters. The number of rotatable bonds is 8. The van der Waals surface area contributed by atoms with E-state index in [1.807, 2.05) is 58.0 Å². The second-order valence-electron chi connectivity index (χ2n) is 7.82. The Morgan fingerprint density at radius 2 is 1.55 bits per heavy atom. The molecule has 176 valence electrons. The average molecular weight is 472 g/mol. The molecule has 0 aliphatic heterocycles. The van der Waals surface area contributed by atoms with Gasteiger partial charge in [-0.15, -0.1) is 11.3 Å². The van der Waals surface area contributed by atoms with Crippen molar-refractivity contribution >= 4 is 44.9 Å². The van der Waals surface area contributed by atoms with Crippen LogP contribution in [0.15, 0.2) is 47.8 Å². The van der Waals surface area contributed by atoms with Gasteiger partial charge in [-0.25, -0.2) is 4.79 Å². The Morgan fingerprint density at radius 3 is 2.06 bits per heavy atom. The summed E-state index contributed by atoms with van der Waals surface area (Å²) in [4.78, 5) is 31.5. The predicted octanol–water partition coefficient (Wildman–Crippen LogP) is 5.45. The van der Waals surface area contributed by atoms with Gasteiger partial charge in [0.15, 0.2) is 0 Å². The number of fused-ring (bicyclic) bond motifs is 1. The molecule has 8 heteroatoms. The Kier molecular flexibility index (Phi) is 9.45. The highest BCUT2D eigenvalue weighted by molar-refractivity contribution is 7.17. The van der Waals surface area contributed by atoms with Crippen molar-refractivity contribution in [3.8, 4) is 11.5 Å². The molecule has 0 aliphatic rings. The lowest BCUT2D eigenvalue weighted by Crippen LogP contribution is -2.44. The molecule has 0 N–H and O–H groups in total. The molecular formula is C25H29NO6S.